The van der Waals surface area contributed by atoms with Crippen LogP contribution < -0.4 is 5.32 Å². The average Bonchev–Trinajstić information content (AvgIpc) is 2.56. The Labute approximate surface area is 155 Å². The van der Waals surface area contributed by atoms with Crippen molar-refractivity contribution < 1.29 is 13.2 Å². The number of sulfone groups is 1. The van der Waals surface area contributed by atoms with Gasteiger partial charge in [0.25, 0.3) is 5.91 Å². The molecule has 1 amide bonds. The monoisotopic (exact) mass is 405 g/mol. The molecule has 0 radical (unpaired) electrons. The van der Waals surface area contributed by atoms with Crippen LogP contribution in [0, 0.1) is 0 Å². The molecule has 1 N–H and O–H groups in total. The normalized spacial score (nSPS) is 11.3. The predicted octanol–water partition coefficient (Wildman–Crippen LogP) is 4.37. The number of carbonyl (C=O) groups is 1. The maximum absolute atomic E-state index is 12.3. The zero-order chi connectivity index (χ0) is 17.9. The van der Waals surface area contributed by atoms with Gasteiger partial charge in [-0.25, -0.2) is 8.42 Å². The summed E-state index contributed by atoms with van der Waals surface area (Å²) in [7, 11) is -3.51. The summed E-state index contributed by atoms with van der Waals surface area (Å²) in [5.74, 6) is -0.553. The number of benzene rings is 2. The summed E-state index contributed by atoms with van der Waals surface area (Å²) in [4.78, 5) is 12.2. The molecular formula is C16H14Cl3NO3S. The highest BCUT2D eigenvalue weighted by Crippen LogP contribution is 2.33. The van der Waals surface area contributed by atoms with E-state index in [9.17, 15) is 13.2 Å². The topological polar surface area (TPSA) is 63.2 Å². The van der Waals surface area contributed by atoms with Crippen molar-refractivity contribution in [3.63, 3.8) is 0 Å². The highest BCUT2D eigenvalue weighted by Gasteiger charge is 2.22. The lowest BCUT2D eigenvalue weighted by molar-refractivity contribution is 0.0951. The zero-order valence-electron chi connectivity index (χ0n) is 12.6. The van der Waals surface area contributed by atoms with E-state index in [2.05, 4.69) is 5.32 Å². The number of carbonyl (C=O) groups excluding carboxylic acids is 1. The Kier molecular flexibility index (Phi) is 6.15. The van der Waals surface area contributed by atoms with E-state index in [0.717, 1.165) is 5.56 Å². The summed E-state index contributed by atoms with van der Waals surface area (Å²) in [6.07, 6.45) is 0. The van der Waals surface area contributed by atoms with Gasteiger partial charge in [0.1, 0.15) is 0 Å². The van der Waals surface area contributed by atoms with Crippen LogP contribution >= 0.6 is 34.8 Å². The molecule has 0 aliphatic carbocycles. The molecule has 2 aromatic carbocycles. The molecule has 0 aliphatic heterocycles. The Hall–Kier alpha value is -1.27. The van der Waals surface area contributed by atoms with E-state index >= 15 is 0 Å². The van der Waals surface area contributed by atoms with Crippen LogP contribution in [0.25, 0.3) is 0 Å². The molecule has 0 bridgehead atoms. The molecule has 0 heterocycles. The Bertz CT molecular complexity index is 865. The van der Waals surface area contributed by atoms with Gasteiger partial charge in [0.15, 0.2) is 9.84 Å². The van der Waals surface area contributed by atoms with Crippen molar-refractivity contribution in [3.8, 4) is 0 Å². The van der Waals surface area contributed by atoms with Gasteiger partial charge >= 0.3 is 0 Å². The Morgan fingerprint density at radius 1 is 1.00 bits per heavy atom. The molecule has 0 fully saturated rings. The van der Waals surface area contributed by atoms with Crippen molar-refractivity contribution in [1.82, 2.24) is 5.32 Å². The smallest absolute Gasteiger partial charge is 0.253 e. The fourth-order valence-electron chi connectivity index (χ4n) is 1.98. The van der Waals surface area contributed by atoms with Crippen LogP contribution in [-0.4, -0.2) is 20.1 Å². The first-order valence-electron chi connectivity index (χ1n) is 6.99. The van der Waals surface area contributed by atoms with Crippen molar-refractivity contribution in [2.45, 2.75) is 18.4 Å². The summed E-state index contributed by atoms with van der Waals surface area (Å²) in [6.45, 7) is 1.78. The molecule has 8 heteroatoms. The Morgan fingerprint density at radius 2 is 1.62 bits per heavy atom. The molecule has 2 aromatic rings. The second-order valence-electron chi connectivity index (χ2n) is 4.95. The van der Waals surface area contributed by atoms with Gasteiger partial charge in [-0.3, -0.25) is 4.79 Å². The van der Waals surface area contributed by atoms with Crippen LogP contribution in [0.15, 0.2) is 41.3 Å². The number of nitrogens with one attached hydrogen (secondary N) is 1. The van der Waals surface area contributed by atoms with Gasteiger partial charge in [0, 0.05) is 11.6 Å². The molecule has 2 rings (SSSR count). The van der Waals surface area contributed by atoms with Crippen LogP contribution in [-0.2, 0) is 16.4 Å². The van der Waals surface area contributed by atoms with Gasteiger partial charge in [0.2, 0.25) is 0 Å². The fourth-order valence-corrected chi connectivity index (χ4v) is 3.89. The molecule has 128 valence electrons. The summed E-state index contributed by atoms with van der Waals surface area (Å²) in [5, 5.41) is 3.08. The maximum Gasteiger partial charge on any atom is 0.253 e. The molecular weight excluding hydrogens is 393 g/mol. The molecule has 0 spiro atoms. The van der Waals surface area contributed by atoms with Gasteiger partial charge in [0.05, 0.1) is 26.3 Å². The van der Waals surface area contributed by atoms with E-state index in [1.54, 1.807) is 24.3 Å². The van der Waals surface area contributed by atoms with Crippen LogP contribution in [0.3, 0.4) is 0 Å². The number of hydrogen-bond donors (Lipinski definition) is 1. The third kappa shape index (κ3) is 4.22. The number of halogens is 3. The van der Waals surface area contributed by atoms with E-state index in [0.29, 0.717) is 5.02 Å². The van der Waals surface area contributed by atoms with Crippen LogP contribution in [0.1, 0.15) is 22.8 Å². The largest absolute Gasteiger partial charge is 0.348 e. The third-order valence-corrected chi connectivity index (χ3v) is 6.39. The summed E-state index contributed by atoms with van der Waals surface area (Å²) in [5.41, 5.74) is 0.978. The summed E-state index contributed by atoms with van der Waals surface area (Å²) >= 11 is 17.9. The van der Waals surface area contributed by atoms with Gasteiger partial charge < -0.3 is 5.32 Å². The van der Waals surface area contributed by atoms with E-state index in [1.807, 2.05) is 0 Å². The van der Waals surface area contributed by atoms with E-state index in [1.165, 1.54) is 19.1 Å². The number of rotatable bonds is 5. The zero-order valence-corrected chi connectivity index (χ0v) is 15.7. The first-order chi connectivity index (χ1) is 11.3. The summed E-state index contributed by atoms with van der Waals surface area (Å²) < 4.78 is 23.9. The lowest BCUT2D eigenvalue weighted by Crippen LogP contribution is -2.23. The SMILES string of the molecule is CCS(=O)(=O)c1ccc(C(=O)NCc2ccc(Cl)cc2)c(Cl)c1Cl. The first-order valence-corrected chi connectivity index (χ1v) is 9.78. The van der Waals surface area contributed by atoms with Crippen LogP contribution in [0.2, 0.25) is 15.1 Å². The minimum atomic E-state index is -3.51. The number of amides is 1. The highest BCUT2D eigenvalue weighted by atomic mass is 35.5. The minimum Gasteiger partial charge on any atom is -0.348 e. The van der Waals surface area contributed by atoms with Crippen molar-refractivity contribution >= 4 is 50.5 Å². The lowest BCUT2D eigenvalue weighted by Gasteiger charge is -2.11. The average molecular weight is 407 g/mol. The maximum atomic E-state index is 12.3. The molecule has 0 unspecified atom stereocenters. The Balaban J connectivity index is 2.21. The second-order valence-corrected chi connectivity index (χ2v) is 8.39. The second kappa shape index (κ2) is 7.74. The van der Waals surface area contributed by atoms with Gasteiger partial charge in [-0.05, 0) is 29.8 Å². The molecule has 0 atom stereocenters. The van der Waals surface area contributed by atoms with Gasteiger partial charge in [-0.15, -0.1) is 0 Å². The molecule has 0 saturated carbocycles. The molecule has 0 aromatic heterocycles. The van der Waals surface area contributed by atoms with Crippen LogP contribution in [0.5, 0.6) is 0 Å². The standard InChI is InChI=1S/C16H14Cl3NO3S/c1-2-24(22,23)13-8-7-12(14(18)15(13)19)16(21)20-9-10-3-5-11(17)6-4-10/h3-8H,2,9H2,1H3,(H,20,21). The van der Waals surface area contributed by atoms with Gasteiger partial charge in [-0.1, -0.05) is 53.9 Å². The highest BCUT2D eigenvalue weighted by molar-refractivity contribution is 7.91. The first kappa shape index (κ1) is 19.1. The van der Waals surface area contributed by atoms with Gasteiger partial charge in [-0.2, -0.15) is 0 Å². The third-order valence-electron chi connectivity index (χ3n) is 3.37. The van der Waals surface area contributed by atoms with E-state index < -0.39 is 15.7 Å². The molecule has 4 nitrogen and oxygen atoms in total. The van der Waals surface area contributed by atoms with Crippen molar-refractivity contribution in [2.24, 2.45) is 0 Å². The summed E-state index contributed by atoms with van der Waals surface area (Å²) in [6, 6.07) is 9.66. The fraction of sp³-hybridized carbons (Fsp3) is 0.188. The predicted molar refractivity (Wildman–Crippen MR) is 96.8 cm³/mol. The van der Waals surface area contributed by atoms with Crippen molar-refractivity contribution in [2.75, 3.05) is 5.75 Å². The molecule has 24 heavy (non-hydrogen) atoms. The molecule has 0 aliphatic rings. The quantitative estimate of drug-likeness (QED) is 0.802. The van der Waals surface area contributed by atoms with Crippen molar-refractivity contribution in [3.05, 3.63) is 62.6 Å². The van der Waals surface area contributed by atoms with Crippen molar-refractivity contribution in [1.29, 1.82) is 0 Å². The lowest BCUT2D eigenvalue weighted by atomic mass is 10.2. The minimum absolute atomic E-state index is 0.0779. The molecule has 0 saturated heterocycles. The number of hydrogen-bond acceptors (Lipinski definition) is 3. The van der Waals surface area contributed by atoms with E-state index in [4.69, 9.17) is 34.8 Å². The van der Waals surface area contributed by atoms with Crippen LogP contribution in [0.4, 0.5) is 0 Å². The van der Waals surface area contributed by atoms with E-state index in [-0.39, 0.29) is 32.8 Å². The Morgan fingerprint density at radius 3 is 2.21 bits per heavy atom.